The summed E-state index contributed by atoms with van der Waals surface area (Å²) >= 11 is 12.6. The zero-order valence-corrected chi connectivity index (χ0v) is 17.3. The van der Waals surface area contributed by atoms with Crippen LogP contribution >= 0.6 is 23.2 Å². The Hall–Kier alpha value is -3.02. The van der Waals surface area contributed by atoms with Gasteiger partial charge in [-0.2, -0.15) is 0 Å². The first-order chi connectivity index (χ1) is 13.9. The number of nitrogens with one attached hydrogen (secondary N) is 1. The number of carbonyl (C=O) groups excluding carboxylic acids is 2. The number of hydrogen-bond acceptors (Lipinski definition) is 2. The van der Waals surface area contributed by atoms with E-state index in [1.165, 1.54) is 0 Å². The first-order valence-electron chi connectivity index (χ1n) is 8.94. The van der Waals surface area contributed by atoms with Gasteiger partial charge in [-0.3, -0.25) is 4.79 Å². The van der Waals surface area contributed by atoms with E-state index in [2.05, 4.69) is 5.32 Å². The Labute approximate surface area is 178 Å². The number of benzene rings is 2. The molecule has 1 aromatic heterocycles. The van der Waals surface area contributed by atoms with Crippen LogP contribution in [-0.4, -0.2) is 16.5 Å². The van der Waals surface area contributed by atoms with Gasteiger partial charge >= 0.3 is 6.03 Å². The van der Waals surface area contributed by atoms with Crippen molar-refractivity contribution in [3.05, 3.63) is 87.3 Å². The number of aromatic nitrogens is 1. The van der Waals surface area contributed by atoms with Crippen molar-refractivity contribution in [1.29, 1.82) is 0 Å². The van der Waals surface area contributed by atoms with Crippen molar-refractivity contribution >= 4 is 46.9 Å². The van der Waals surface area contributed by atoms with Crippen molar-refractivity contribution in [3.8, 4) is 5.69 Å². The lowest BCUT2D eigenvalue weighted by atomic mass is 10.2. The highest BCUT2D eigenvalue weighted by Gasteiger charge is 2.35. The van der Waals surface area contributed by atoms with Gasteiger partial charge in [0.05, 0.1) is 21.4 Å². The fraction of sp³-hybridized carbons (Fsp3) is 0.0909. The molecule has 3 amide bonds. The summed E-state index contributed by atoms with van der Waals surface area (Å²) < 4.78 is 1.97. The summed E-state index contributed by atoms with van der Waals surface area (Å²) in [5.41, 5.74) is 4.10. The lowest BCUT2D eigenvalue weighted by Crippen LogP contribution is -2.30. The molecule has 0 unspecified atom stereocenters. The maximum absolute atomic E-state index is 12.8. The second-order valence-electron chi connectivity index (χ2n) is 6.70. The molecule has 146 valence electrons. The van der Waals surface area contributed by atoms with Crippen LogP contribution in [0.5, 0.6) is 0 Å². The molecule has 1 N–H and O–H groups in total. The van der Waals surface area contributed by atoms with Crippen LogP contribution in [0, 0.1) is 13.8 Å². The fourth-order valence-corrected chi connectivity index (χ4v) is 3.85. The Kier molecular flexibility index (Phi) is 4.94. The molecule has 7 heteroatoms. The van der Waals surface area contributed by atoms with Crippen molar-refractivity contribution in [1.82, 2.24) is 9.88 Å². The Morgan fingerprint density at radius 1 is 0.966 bits per heavy atom. The van der Waals surface area contributed by atoms with Gasteiger partial charge in [-0.1, -0.05) is 47.5 Å². The molecular weight excluding hydrogens is 409 g/mol. The Morgan fingerprint density at radius 3 is 2.41 bits per heavy atom. The van der Waals surface area contributed by atoms with Gasteiger partial charge in [-0.25, -0.2) is 9.69 Å². The number of aryl methyl sites for hydroxylation is 1. The number of carbonyl (C=O) groups is 2. The van der Waals surface area contributed by atoms with Gasteiger partial charge in [0.2, 0.25) is 0 Å². The Balaban J connectivity index is 1.74. The Morgan fingerprint density at radius 2 is 1.69 bits per heavy atom. The number of anilines is 1. The predicted octanol–water partition coefficient (Wildman–Crippen LogP) is 5.50. The third-order valence-corrected chi connectivity index (χ3v) is 5.64. The summed E-state index contributed by atoms with van der Waals surface area (Å²) in [6, 6.07) is 15.7. The molecule has 1 saturated heterocycles. The van der Waals surface area contributed by atoms with E-state index in [-0.39, 0.29) is 5.70 Å². The molecule has 0 spiro atoms. The van der Waals surface area contributed by atoms with Gasteiger partial charge < -0.3 is 9.88 Å². The summed E-state index contributed by atoms with van der Waals surface area (Å²) in [5.74, 6) is -0.396. The number of amides is 3. The highest BCUT2D eigenvalue weighted by Crippen LogP contribution is 2.32. The molecule has 3 aromatic rings. The Bertz CT molecular complexity index is 1170. The third-order valence-electron chi connectivity index (χ3n) is 4.83. The van der Waals surface area contributed by atoms with E-state index >= 15 is 0 Å². The van der Waals surface area contributed by atoms with Crippen LogP contribution in [-0.2, 0) is 4.79 Å². The molecule has 0 saturated carbocycles. The minimum atomic E-state index is -0.473. The molecule has 1 fully saturated rings. The van der Waals surface area contributed by atoms with Crippen molar-refractivity contribution in [3.63, 3.8) is 0 Å². The van der Waals surface area contributed by atoms with E-state index in [1.807, 2.05) is 42.7 Å². The summed E-state index contributed by atoms with van der Waals surface area (Å²) in [5, 5.41) is 3.58. The highest BCUT2D eigenvalue weighted by molar-refractivity contribution is 6.43. The van der Waals surface area contributed by atoms with Gasteiger partial charge in [-0.05, 0) is 55.8 Å². The topological polar surface area (TPSA) is 54.3 Å². The van der Waals surface area contributed by atoms with E-state index in [9.17, 15) is 9.59 Å². The summed E-state index contributed by atoms with van der Waals surface area (Å²) in [6.07, 6.45) is 1.68. The number of urea groups is 1. The van der Waals surface area contributed by atoms with Crippen molar-refractivity contribution in [2.24, 2.45) is 0 Å². The molecule has 0 atom stereocenters. The van der Waals surface area contributed by atoms with Crippen LogP contribution in [0.3, 0.4) is 0 Å². The lowest BCUT2D eigenvalue weighted by Gasteiger charge is -2.12. The predicted molar refractivity (Wildman–Crippen MR) is 116 cm³/mol. The molecule has 0 aliphatic carbocycles. The maximum atomic E-state index is 12.8. The molecule has 1 aliphatic heterocycles. The molecule has 0 bridgehead atoms. The minimum Gasteiger partial charge on any atom is -0.316 e. The number of hydrogen-bond donors (Lipinski definition) is 1. The third kappa shape index (κ3) is 3.33. The van der Waals surface area contributed by atoms with Crippen LogP contribution in [0.1, 0.15) is 17.0 Å². The molecule has 1 aliphatic rings. The lowest BCUT2D eigenvalue weighted by molar-refractivity contribution is -0.113. The summed E-state index contributed by atoms with van der Waals surface area (Å²) in [7, 11) is 0. The molecular formula is C22H17Cl2N3O2. The maximum Gasteiger partial charge on any atom is 0.333 e. The van der Waals surface area contributed by atoms with Crippen molar-refractivity contribution < 1.29 is 9.59 Å². The fourth-order valence-electron chi connectivity index (χ4n) is 3.47. The van der Waals surface area contributed by atoms with Crippen LogP contribution in [0.25, 0.3) is 11.8 Å². The minimum absolute atomic E-state index is 0.219. The number of nitrogens with zero attached hydrogens (tertiary/aromatic N) is 2. The average molecular weight is 426 g/mol. The smallest absolute Gasteiger partial charge is 0.316 e. The van der Waals surface area contributed by atoms with Crippen LogP contribution < -0.4 is 10.2 Å². The average Bonchev–Trinajstić information content (AvgIpc) is 3.13. The zero-order chi connectivity index (χ0) is 20.7. The monoisotopic (exact) mass is 425 g/mol. The van der Waals surface area contributed by atoms with E-state index in [1.54, 1.807) is 36.4 Å². The van der Waals surface area contributed by atoms with Crippen molar-refractivity contribution in [2.45, 2.75) is 13.8 Å². The largest absolute Gasteiger partial charge is 0.333 e. The van der Waals surface area contributed by atoms with Gasteiger partial charge in [0.1, 0.15) is 5.70 Å². The quantitative estimate of drug-likeness (QED) is 0.444. The molecule has 2 aromatic carbocycles. The first-order valence-corrected chi connectivity index (χ1v) is 9.69. The van der Waals surface area contributed by atoms with Crippen molar-refractivity contribution in [2.75, 3.05) is 4.90 Å². The standard InChI is InChI=1S/C22H17Cl2N3O2/c1-13-11-15(14(2)26(13)19-10-6-9-17(23)20(19)24)12-18-21(28)27(22(29)25-18)16-7-4-3-5-8-16/h3-12H,1-2H3,(H,25,29)/b18-12+. The summed E-state index contributed by atoms with van der Waals surface area (Å²) in [4.78, 5) is 26.3. The van der Waals surface area contributed by atoms with E-state index < -0.39 is 11.9 Å². The number of imide groups is 1. The van der Waals surface area contributed by atoms with E-state index in [4.69, 9.17) is 23.2 Å². The normalized spacial score (nSPS) is 15.3. The van der Waals surface area contributed by atoms with E-state index in [0.717, 1.165) is 27.5 Å². The number of rotatable bonds is 3. The van der Waals surface area contributed by atoms with Gasteiger partial charge in [0, 0.05) is 11.4 Å². The molecule has 29 heavy (non-hydrogen) atoms. The van der Waals surface area contributed by atoms with Crippen LogP contribution in [0.2, 0.25) is 10.0 Å². The molecule has 2 heterocycles. The second-order valence-corrected chi connectivity index (χ2v) is 7.48. The van der Waals surface area contributed by atoms with Gasteiger partial charge in [-0.15, -0.1) is 0 Å². The van der Waals surface area contributed by atoms with Gasteiger partial charge in [0.25, 0.3) is 5.91 Å². The first kappa shape index (κ1) is 19.3. The molecule has 4 rings (SSSR count). The van der Waals surface area contributed by atoms with Crippen LogP contribution in [0.4, 0.5) is 10.5 Å². The van der Waals surface area contributed by atoms with Gasteiger partial charge in [0.15, 0.2) is 0 Å². The zero-order valence-electron chi connectivity index (χ0n) is 15.7. The number of halogens is 2. The second kappa shape index (κ2) is 7.43. The van der Waals surface area contributed by atoms with Crippen LogP contribution in [0.15, 0.2) is 60.3 Å². The highest BCUT2D eigenvalue weighted by atomic mass is 35.5. The summed E-state index contributed by atoms with van der Waals surface area (Å²) in [6.45, 7) is 3.87. The molecule has 0 radical (unpaired) electrons. The van der Waals surface area contributed by atoms with E-state index in [0.29, 0.717) is 15.7 Å². The molecule has 5 nitrogen and oxygen atoms in total. The SMILES string of the molecule is Cc1cc(/C=C2/NC(=O)N(c3ccccc3)C2=O)c(C)n1-c1cccc(Cl)c1Cl. The number of para-hydroxylation sites is 1.